The molecule has 1 fully saturated rings. The summed E-state index contributed by atoms with van der Waals surface area (Å²) >= 11 is 0. The number of nitrogens with zero attached hydrogens (tertiary/aromatic N) is 1. The Kier molecular flexibility index (Phi) is 5.69. The molecule has 0 spiro atoms. The molecule has 88 valence electrons. The van der Waals surface area contributed by atoms with Crippen LogP contribution in [0.15, 0.2) is 0 Å². The van der Waals surface area contributed by atoms with Crippen LogP contribution in [-0.4, -0.2) is 37.0 Å². The lowest BCUT2D eigenvalue weighted by Crippen LogP contribution is -2.48. The van der Waals surface area contributed by atoms with Gasteiger partial charge in [0, 0.05) is 32.1 Å². The Labute approximate surface area is 93.2 Å². The molecule has 0 aromatic rings. The number of carbonyl (C=O) groups is 1. The lowest BCUT2D eigenvalue weighted by Gasteiger charge is -2.30. The van der Waals surface area contributed by atoms with E-state index < -0.39 is 0 Å². The third kappa shape index (κ3) is 3.82. The van der Waals surface area contributed by atoms with Crippen molar-refractivity contribution in [1.29, 1.82) is 0 Å². The molecule has 0 aromatic heterocycles. The number of amides is 1. The van der Waals surface area contributed by atoms with Crippen LogP contribution < -0.4 is 5.32 Å². The van der Waals surface area contributed by atoms with Crippen molar-refractivity contribution in [3.05, 3.63) is 0 Å². The standard InChI is InChI=1S/C12H24N2O/c1-3-5-11(6-4-2)12(15)14-9-7-13-8-10-14/h11,13H,3-10H2,1-2H3. The van der Waals surface area contributed by atoms with E-state index in [4.69, 9.17) is 0 Å². The summed E-state index contributed by atoms with van der Waals surface area (Å²) < 4.78 is 0. The summed E-state index contributed by atoms with van der Waals surface area (Å²) in [4.78, 5) is 14.2. The highest BCUT2D eigenvalue weighted by Gasteiger charge is 2.23. The van der Waals surface area contributed by atoms with Crippen LogP contribution in [0.2, 0.25) is 0 Å². The fourth-order valence-electron chi connectivity index (χ4n) is 2.23. The van der Waals surface area contributed by atoms with Crippen molar-refractivity contribution < 1.29 is 4.79 Å². The first-order chi connectivity index (χ1) is 7.29. The van der Waals surface area contributed by atoms with Gasteiger partial charge in [0.1, 0.15) is 0 Å². The number of piperazine rings is 1. The number of rotatable bonds is 5. The molecule has 1 amide bonds. The van der Waals surface area contributed by atoms with Crippen molar-refractivity contribution >= 4 is 5.91 Å². The normalized spacial score (nSPS) is 17.1. The van der Waals surface area contributed by atoms with Crippen molar-refractivity contribution in [3.8, 4) is 0 Å². The van der Waals surface area contributed by atoms with E-state index >= 15 is 0 Å². The van der Waals surface area contributed by atoms with Crippen LogP contribution in [0.5, 0.6) is 0 Å². The number of hydrogen-bond donors (Lipinski definition) is 1. The average Bonchev–Trinajstić information content (AvgIpc) is 2.29. The molecule has 0 atom stereocenters. The van der Waals surface area contributed by atoms with Crippen LogP contribution >= 0.6 is 0 Å². The monoisotopic (exact) mass is 212 g/mol. The second-order valence-electron chi connectivity index (χ2n) is 4.35. The van der Waals surface area contributed by atoms with E-state index in [2.05, 4.69) is 19.2 Å². The molecule has 0 aliphatic carbocycles. The van der Waals surface area contributed by atoms with Gasteiger partial charge in [-0.15, -0.1) is 0 Å². The highest BCUT2D eigenvalue weighted by Crippen LogP contribution is 2.16. The first kappa shape index (κ1) is 12.5. The summed E-state index contributed by atoms with van der Waals surface area (Å²) in [5.74, 6) is 0.665. The molecule has 0 radical (unpaired) electrons. The highest BCUT2D eigenvalue weighted by atomic mass is 16.2. The van der Waals surface area contributed by atoms with Gasteiger partial charge in [0.15, 0.2) is 0 Å². The topological polar surface area (TPSA) is 32.3 Å². The summed E-state index contributed by atoms with van der Waals surface area (Å²) in [7, 11) is 0. The fourth-order valence-corrected chi connectivity index (χ4v) is 2.23. The summed E-state index contributed by atoms with van der Waals surface area (Å²) in [5.41, 5.74) is 0. The minimum atomic E-state index is 0.276. The van der Waals surface area contributed by atoms with Crippen LogP contribution in [0.1, 0.15) is 39.5 Å². The molecule has 1 N–H and O–H groups in total. The van der Waals surface area contributed by atoms with E-state index in [-0.39, 0.29) is 5.92 Å². The van der Waals surface area contributed by atoms with E-state index in [1.165, 1.54) is 0 Å². The third-order valence-electron chi connectivity index (χ3n) is 3.05. The summed E-state index contributed by atoms with van der Waals surface area (Å²) in [5, 5.41) is 3.28. The molecule has 3 nitrogen and oxygen atoms in total. The molecule has 1 aliphatic heterocycles. The molecule has 0 aromatic carbocycles. The van der Waals surface area contributed by atoms with E-state index in [1.54, 1.807) is 0 Å². The first-order valence-corrected chi connectivity index (χ1v) is 6.29. The number of nitrogens with one attached hydrogen (secondary N) is 1. The summed E-state index contributed by atoms with van der Waals surface area (Å²) in [6.07, 6.45) is 4.33. The van der Waals surface area contributed by atoms with Crippen molar-refractivity contribution in [2.24, 2.45) is 5.92 Å². The minimum absolute atomic E-state index is 0.276. The molecule has 3 heteroatoms. The van der Waals surface area contributed by atoms with Gasteiger partial charge >= 0.3 is 0 Å². The zero-order chi connectivity index (χ0) is 11.1. The predicted molar refractivity (Wildman–Crippen MR) is 62.8 cm³/mol. The van der Waals surface area contributed by atoms with Gasteiger partial charge in [0.05, 0.1) is 0 Å². The van der Waals surface area contributed by atoms with E-state index in [9.17, 15) is 4.79 Å². The maximum absolute atomic E-state index is 12.2. The van der Waals surface area contributed by atoms with Crippen LogP contribution in [0.3, 0.4) is 0 Å². The van der Waals surface area contributed by atoms with Crippen LogP contribution in [0, 0.1) is 5.92 Å². The Balaban J connectivity index is 2.45. The molecule has 1 rings (SSSR count). The Bertz CT molecular complexity index is 182. The minimum Gasteiger partial charge on any atom is -0.340 e. The molecular formula is C12H24N2O. The molecule has 1 saturated heterocycles. The molecule has 1 heterocycles. The van der Waals surface area contributed by atoms with E-state index in [1.807, 2.05) is 4.90 Å². The van der Waals surface area contributed by atoms with Crippen molar-refractivity contribution in [2.45, 2.75) is 39.5 Å². The fraction of sp³-hybridized carbons (Fsp3) is 0.917. The maximum atomic E-state index is 12.2. The Morgan fingerprint density at radius 2 is 1.73 bits per heavy atom. The summed E-state index contributed by atoms with van der Waals surface area (Å²) in [6.45, 7) is 8.01. The van der Waals surface area contributed by atoms with Gasteiger partial charge in [0.25, 0.3) is 0 Å². The molecular weight excluding hydrogens is 188 g/mol. The second-order valence-corrected chi connectivity index (χ2v) is 4.35. The number of carbonyl (C=O) groups excluding carboxylic acids is 1. The predicted octanol–water partition coefficient (Wildman–Crippen LogP) is 1.63. The van der Waals surface area contributed by atoms with Gasteiger partial charge in [-0.25, -0.2) is 0 Å². The zero-order valence-electron chi connectivity index (χ0n) is 10.1. The molecule has 1 aliphatic rings. The smallest absolute Gasteiger partial charge is 0.225 e. The Morgan fingerprint density at radius 3 is 2.20 bits per heavy atom. The second kappa shape index (κ2) is 6.83. The lowest BCUT2D eigenvalue weighted by atomic mass is 9.96. The van der Waals surface area contributed by atoms with E-state index in [0.29, 0.717) is 5.91 Å². The molecule has 0 saturated carbocycles. The van der Waals surface area contributed by atoms with Crippen LogP contribution in [-0.2, 0) is 4.79 Å². The Morgan fingerprint density at radius 1 is 1.20 bits per heavy atom. The van der Waals surface area contributed by atoms with Crippen LogP contribution in [0.25, 0.3) is 0 Å². The zero-order valence-corrected chi connectivity index (χ0v) is 10.1. The third-order valence-corrected chi connectivity index (χ3v) is 3.05. The van der Waals surface area contributed by atoms with Gasteiger partial charge < -0.3 is 10.2 Å². The largest absolute Gasteiger partial charge is 0.340 e. The SMILES string of the molecule is CCCC(CCC)C(=O)N1CCNCC1. The highest BCUT2D eigenvalue weighted by molar-refractivity contribution is 5.78. The van der Waals surface area contributed by atoms with Crippen LogP contribution in [0.4, 0.5) is 0 Å². The number of hydrogen-bond acceptors (Lipinski definition) is 2. The molecule has 0 bridgehead atoms. The van der Waals surface area contributed by atoms with Gasteiger partial charge in [0.2, 0.25) is 5.91 Å². The summed E-state index contributed by atoms with van der Waals surface area (Å²) in [6, 6.07) is 0. The average molecular weight is 212 g/mol. The van der Waals surface area contributed by atoms with Crippen molar-refractivity contribution in [1.82, 2.24) is 10.2 Å². The lowest BCUT2D eigenvalue weighted by molar-refractivity contribution is -0.136. The maximum Gasteiger partial charge on any atom is 0.225 e. The van der Waals surface area contributed by atoms with Gasteiger partial charge in [-0.05, 0) is 12.8 Å². The Hall–Kier alpha value is -0.570. The van der Waals surface area contributed by atoms with Gasteiger partial charge in [-0.2, -0.15) is 0 Å². The van der Waals surface area contributed by atoms with Gasteiger partial charge in [-0.1, -0.05) is 26.7 Å². The first-order valence-electron chi connectivity index (χ1n) is 6.29. The van der Waals surface area contributed by atoms with E-state index in [0.717, 1.165) is 51.9 Å². The molecule has 15 heavy (non-hydrogen) atoms. The van der Waals surface area contributed by atoms with Crippen molar-refractivity contribution in [3.63, 3.8) is 0 Å². The van der Waals surface area contributed by atoms with Crippen molar-refractivity contribution in [2.75, 3.05) is 26.2 Å². The van der Waals surface area contributed by atoms with Gasteiger partial charge in [-0.3, -0.25) is 4.79 Å². The molecule has 0 unspecified atom stereocenters. The quantitative estimate of drug-likeness (QED) is 0.751.